The summed E-state index contributed by atoms with van der Waals surface area (Å²) in [7, 11) is 0. The predicted octanol–water partition coefficient (Wildman–Crippen LogP) is 3.32. The highest BCUT2D eigenvalue weighted by molar-refractivity contribution is 7.15. The molecule has 0 aromatic carbocycles. The lowest BCUT2D eigenvalue weighted by molar-refractivity contribution is 0.126. The number of rotatable bonds is 5. The van der Waals surface area contributed by atoms with E-state index in [1.54, 1.807) is 17.5 Å². The lowest BCUT2D eigenvalue weighted by atomic mass is 10.3. The summed E-state index contributed by atoms with van der Waals surface area (Å²) >= 11 is 8.86. The van der Waals surface area contributed by atoms with Crippen molar-refractivity contribution in [2.75, 3.05) is 6.61 Å². The topological polar surface area (TPSA) is 35.0 Å². The van der Waals surface area contributed by atoms with Crippen LogP contribution in [0.5, 0.6) is 0 Å². The highest BCUT2D eigenvalue weighted by Crippen LogP contribution is 2.18. The molecule has 0 saturated heterocycles. The number of ether oxygens (including phenoxy) is 1. The van der Waals surface area contributed by atoms with Crippen LogP contribution < -0.4 is 0 Å². The summed E-state index contributed by atoms with van der Waals surface area (Å²) in [5.74, 6) is 0. The van der Waals surface area contributed by atoms with E-state index in [1.165, 1.54) is 16.2 Å². The van der Waals surface area contributed by atoms with Crippen LogP contribution in [0.1, 0.15) is 15.4 Å². The van der Waals surface area contributed by atoms with Crippen molar-refractivity contribution < 1.29 is 4.74 Å². The third-order valence-corrected chi connectivity index (χ3v) is 4.17. The number of aryl methyl sites for hydroxylation is 1. The lowest BCUT2D eigenvalue weighted by Gasteiger charge is -2.01. The largest absolute Gasteiger partial charge is 0.375 e. The van der Waals surface area contributed by atoms with E-state index in [4.69, 9.17) is 16.3 Å². The Bertz CT molecular complexity index is 455. The van der Waals surface area contributed by atoms with E-state index < -0.39 is 0 Å². The average molecular weight is 275 g/mol. The highest BCUT2D eigenvalue weighted by Gasteiger charge is 2.02. The second-order valence-electron chi connectivity index (χ2n) is 3.24. The highest BCUT2D eigenvalue weighted by atomic mass is 35.5. The van der Waals surface area contributed by atoms with Crippen molar-refractivity contribution in [2.45, 2.75) is 20.0 Å². The van der Waals surface area contributed by atoms with Gasteiger partial charge in [-0.15, -0.1) is 22.7 Å². The van der Waals surface area contributed by atoms with E-state index in [9.17, 15) is 0 Å². The molecule has 0 aliphatic rings. The Labute approximate surface area is 107 Å². The number of aromatic nitrogens is 2. The van der Waals surface area contributed by atoms with Crippen molar-refractivity contribution in [2.24, 2.45) is 0 Å². The molecule has 2 rings (SSSR count). The van der Waals surface area contributed by atoms with Gasteiger partial charge in [0, 0.05) is 17.5 Å². The second-order valence-corrected chi connectivity index (χ2v) is 5.88. The summed E-state index contributed by atoms with van der Waals surface area (Å²) in [4.78, 5) is 10.5. The van der Waals surface area contributed by atoms with Gasteiger partial charge in [-0.1, -0.05) is 11.6 Å². The smallest absolute Gasteiger partial charge is 0.183 e. The van der Waals surface area contributed by atoms with Crippen molar-refractivity contribution in [3.8, 4) is 0 Å². The van der Waals surface area contributed by atoms with Gasteiger partial charge in [-0.2, -0.15) is 0 Å². The van der Waals surface area contributed by atoms with Gasteiger partial charge in [-0.3, -0.25) is 0 Å². The van der Waals surface area contributed by atoms with Crippen LogP contribution in [-0.4, -0.2) is 16.6 Å². The van der Waals surface area contributed by atoms with Gasteiger partial charge in [0.05, 0.1) is 29.3 Å². The first-order chi connectivity index (χ1) is 7.75. The van der Waals surface area contributed by atoms with E-state index in [0.717, 1.165) is 17.0 Å². The van der Waals surface area contributed by atoms with Crippen LogP contribution in [0.25, 0.3) is 0 Å². The summed E-state index contributed by atoms with van der Waals surface area (Å²) in [5, 5.41) is 0. The SMILES string of the molecule is Cc1ncsc1CCOCc1cnc(Cl)s1. The van der Waals surface area contributed by atoms with E-state index in [-0.39, 0.29) is 0 Å². The van der Waals surface area contributed by atoms with Gasteiger partial charge >= 0.3 is 0 Å². The molecule has 0 saturated carbocycles. The molecule has 0 amide bonds. The average Bonchev–Trinajstić information content (AvgIpc) is 2.83. The minimum absolute atomic E-state index is 0.567. The van der Waals surface area contributed by atoms with Crippen LogP contribution in [0.2, 0.25) is 4.47 Å². The van der Waals surface area contributed by atoms with Crippen molar-refractivity contribution in [3.05, 3.63) is 31.6 Å². The predicted molar refractivity (Wildman–Crippen MR) is 67.3 cm³/mol. The first kappa shape index (κ1) is 12.0. The van der Waals surface area contributed by atoms with E-state index in [2.05, 4.69) is 9.97 Å². The summed E-state index contributed by atoms with van der Waals surface area (Å²) in [6, 6.07) is 0. The van der Waals surface area contributed by atoms with E-state index in [1.807, 2.05) is 12.4 Å². The van der Waals surface area contributed by atoms with Gasteiger partial charge in [-0.05, 0) is 6.92 Å². The fraction of sp³-hybridized carbons (Fsp3) is 0.400. The quantitative estimate of drug-likeness (QED) is 0.785. The van der Waals surface area contributed by atoms with Crippen molar-refractivity contribution in [1.82, 2.24) is 9.97 Å². The molecular weight excluding hydrogens is 264 g/mol. The second kappa shape index (κ2) is 5.72. The molecule has 2 aromatic rings. The molecule has 0 unspecified atom stereocenters. The molecule has 0 bridgehead atoms. The number of nitrogens with zero attached hydrogens (tertiary/aromatic N) is 2. The number of hydrogen-bond donors (Lipinski definition) is 0. The maximum Gasteiger partial charge on any atom is 0.183 e. The first-order valence-corrected chi connectivity index (χ1v) is 6.90. The molecule has 86 valence electrons. The maximum atomic E-state index is 5.72. The summed E-state index contributed by atoms with van der Waals surface area (Å²) in [5.41, 5.74) is 2.97. The Morgan fingerprint density at radius 1 is 1.44 bits per heavy atom. The molecule has 0 aliphatic heterocycles. The van der Waals surface area contributed by atoms with Gasteiger partial charge in [0.25, 0.3) is 0 Å². The third kappa shape index (κ3) is 3.25. The molecule has 0 N–H and O–H groups in total. The molecule has 0 spiro atoms. The monoisotopic (exact) mass is 274 g/mol. The van der Waals surface area contributed by atoms with Gasteiger partial charge < -0.3 is 4.74 Å². The Balaban J connectivity index is 1.71. The summed E-state index contributed by atoms with van der Waals surface area (Å²) in [6.45, 7) is 3.32. The van der Waals surface area contributed by atoms with Crippen LogP contribution >= 0.6 is 34.3 Å². The van der Waals surface area contributed by atoms with Crippen LogP contribution in [-0.2, 0) is 17.8 Å². The van der Waals surface area contributed by atoms with Crippen LogP contribution in [0.4, 0.5) is 0 Å². The standard InChI is InChI=1S/C10H11ClN2OS2/c1-7-9(15-6-13-7)2-3-14-5-8-4-12-10(11)16-8/h4,6H,2-3,5H2,1H3. The minimum atomic E-state index is 0.567. The molecule has 0 radical (unpaired) electrons. The molecule has 6 heteroatoms. The molecule has 16 heavy (non-hydrogen) atoms. The van der Waals surface area contributed by atoms with Crippen LogP contribution in [0, 0.1) is 6.92 Å². The number of thiazole rings is 2. The van der Waals surface area contributed by atoms with Crippen LogP contribution in [0.3, 0.4) is 0 Å². The maximum absolute atomic E-state index is 5.72. The zero-order chi connectivity index (χ0) is 11.4. The summed E-state index contributed by atoms with van der Waals surface area (Å²) in [6.07, 6.45) is 2.67. The fourth-order valence-electron chi connectivity index (χ4n) is 1.25. The third-order valence-electron chi connectivity index (χ3n) is 2.09. The lowest BCUT2D eigenvalue weighted by Crippen LogP contribution is -1.97. The normalized spacial score (nSPS) is 10.9. The van der Waals surface area contributed by atoms with Gasteiger partial charge in [0.1, 0.15) is 0 Å². The zero-order valence-electron chi connectivity index (χ0n) is 8.77. The van der Waals surface area contributed by atoms with Crippen molar-refractivity contribution in [3.63, 3.8) is 0 Å². The molecule has 3 nitrogen and oxygen atoms in total. The summed E-state index contributed by atoms with van der Waals surface area (Å²) < 4.78 is 6.12. The van der Waals surface area contributed by atoms with E-state index >= 15 is 0 Å². The van der Waals surface area contributed by atoms with Crippen LogP contribution in [0.15, 0.2) is 11.7 Å². The van der Waals surface area contributed by atoms with Gasteiger partial charge in [-0.25, -0.2) is 9.97 Å². The van der Waals surface area contributed by atoms with Crippen molar-refractivity contribution >= 4 is 34.3 Å². The van der Waals surface area contributed by atoms with Crippen molar-refractivity contribution in [1.29, 1.82) is 0 Å². The minimum Gasteiger partial charge on any atom is -0.375 e. The van der Waals surface area contributed by atoms with E-state index in [0.29, 0.717) is 17.7 Å². The fourth-order valence-corrected chi connectivity index (χ4v) is 2.93. The molecule has 0 aliphatic carbocycles. The Kier molecular flexibility index (Phi) is 4.29. The Hall–Kier alpha value is -0.490. The number of hydrogen-bond acceptors (Lipinski definition) is 5. The molecule has 2 aromatic heterocycles. The molecule has 0 fully saturated rings. The molecule has 2 heterocycles. The van der Waals surface area contributed by atoms with Gasteiger partial charge in [0.2, 0.25) is 0 Å². The molecular formula is C10H11ClN2OS2. The Morgan fingerprint density at radius 2 is 2.31 bits per heavy atom. The first-order valence-electron chi connectivity index (χ1n) is 4.82. The zero-order valence-corrected chi connectivity index (χ0v) is 11.2. The Morgan fingerprint density at radius 3 is 2.94 bits per heavy atom. The number of halogens is 1. The molecule has 0 atom stereocenters. The van der Waals surface area contributed by atoms with Gasteiger partial charge in [0.15, 0.2) is 4.47 Å².